The second-order valence-corrected chi connectivity index (χ2v) is 4.64. The third-order valence-corrected chi connectivity index (χ3v) is 3.05. The number of benzene rings is 2. The molecule has 0 aliphatic heterocycles. The summed E-state index contributed by atoms with van der Waals surface area (Å²) in [5.41, 5.74) is 0.789. The molecule has 0 saturated heterocycles. The molecule has 2 aromatic carbocycles. The number of carbonyl (C=O) groups is 1. The number of ether oxygens (including phenoxy) is 1. The maximum atomic E-state index is 13.3. The van der Waals surface area contributed by atoms with Gasteiger partial charge in [-0.3, -0.25) is 4.79 Å². The number of hydrogen-bond donors (Lipinski definition) is 0. The predicted octanol–water partition coefficient (Wildman–Crippen LogP) is 3.25. The van der Waals surface area contributed by atoms with Crippen molar-refractivity contribution in [3.05, 3.63) is 65.2 Å². The van der Waals surface area contributed by atoms with Crippen LogP contribution in [0.2, 0.25) is 0 Å². The van der Waals surface area contributed by atoms with Crippen molar-refractivity contribution in [3.63, 3.8) is 0 Å². The lowest BCUT2D eigenvalue weighted by atomic mass is 10.1. The van der Waals surface area contributed by atoms with E-state index in [9.17, 15) is 13.6 Å². The first kappa shape index (κ1) is 15.0. The van der Waals surface area contributed by atoms with Gasteiger partial charge in [0.2, 0.25) is 0 Å². The molecule has 0 N–H and O–H groups in total. The topological polar surface area (TPSA) is 29.5 Å². The van der Waals surface area contributed by atoms with E-state index in [1.807, 2.05) is 0 Å². The van der Waals surface area contributed by atoms with Crippen molar-refractivity contribution < 1.29 is 18.3 Å². The van der Waals surface area contributed by atoms with Crippen molar-refractivity contribution in [2.75, 3.05) is 14.2 Å². The van der Waals surface area contributed by atoms with Gasteiger partial charge in [-0.25, -0.2) is 8.78 Å². The molecule has 1 amide bonds. The molecule has 0 saturated carbocycles. The Labute approximate surface area is 121 Å². The molecular weight excluding hydrogens is 276 g/mol. The van der Waals surface area contributed by atoms with E-state index < -0.39 is 11.7 Å². The van der Waals surface area contributed by atoms with Crippen LogP contribution in [-0.2, 0) is 6.54 Å². The van der Waals surface area contributed by atoms with Crippen LogP contribution in [0.15, 0.2) is 42.5 Å². The van der Waals surface area contributed by atoms with Crippen molar-refractivity contribution in [2.45, 2.75) is 6.54 Å². The van der Waals surface area contributed by atoms with Crippen LogP contribution in [0.1, 0.15) is 15.9 Å². The van der Waals surface area contributed by atoms with Gasteiger partial charge in [0, 0.05) is 13.6 Å². The Morgan fingerprint density at radius 1 is 1.14 bits per heavy atom. The van der Waals surface area contributed by atoms with Crippen LogP contribution in [0.5, 0.6) is 5.75 Å². The molecule has 0 bridgehead atoms. The fraction of sp³-hybridized carbons (Fsp3) is 0.188. The molecule has 0 heterocycles. The Balaban J connectivity index is 2.21. The number of amides is 1. The molecule has 0 radical (unpaired) electrons. The van der Waals surface area contributed by atoms with E-state index >= 15 is 0 Å². The number of carbonyl (C=O) groups excluding carboxylic acids is 1. The summed E-state index contributed by atoms with van der Waals surface area (Å²) in [4.78, 5) is 13.7. The summed E-state index contributed by atoms with van der Waals surface area (Å²) in [6, 6.07) is 9.74. The molecular formula is C16H15F2NO2. The molecule has 21 heavy (non-hydrogen) atoms. The van der Waals surface area contributed by atoms with E-state index in [0.29, 0.717) is 11.3 Å². The molecule has 0 fully saturated rings. The van der Waals surface area contributed by atoms with Gasteiger partial charge in [0.1, 0.15) is 17.4 Å². The highest BCUT2D eigenvalue weighted by Crippen LogP contribution is 2.21. The second-order valence-electron chi connectivity index (χ2n) is 4.64. The molecule has 2 rings (SSSR count). The minimum Gasteiger partial charge on any atom is -0.496 e. The normalized spacial score (nSPS) is 10.3. The molecule has 110 valence electrons. The third-order valence-electron chi connectivity index (χ3n) is 3.05. The molecule has 0 unspecified atom stereocenters. The summed E-state index contributed by atoms with van der Waals surface area (Å²) in [6.45, 7) is 0.219. The fourth-order valence-corrected chi connectivity index (χ4v) is 2.03. The maximum Gasteiger partial charge on any atom is 0.257 e. The van der Waals surface area contributed by atoms with Crippen molar-refractivity contribution >= 4 is 5.91 Å². The Morgan fingerprint density at radius 2 is 1.86 bits per heavy atom. The third kappa shape index (κ3) is 3.56. The van der Waals surface area contributed by atoms with Crippen LogP contribution in [-0.4, -0.2) is 25.0 Å². The summed E-state index contributed by atoms with van der Waals surface area (Å²) in [6.07, 6.45) is 0. The number of nitrogens with zero attached hydrogens (tertiary/aromatic N) is 1. The SMILES string of the molecule is COc1ccc(F)cc1C(=O)N(C)Cc1cccc(F)c1. The number of halogens is 2. The van der Waals surface area contributed by atoms with Gasteiger partial charge < -0.3 is 9.64 Å². The molecule has 5 heteroatoms. The smallest absolute Gasteiger partial charge is 0.257 e. The lowest BCUT2D eigenvalue weighted by Crippen LogP contribution is -2.26. The highest BCUT2D eigenvalue weighted by Gasteiger charge is 2.17. The van der Waals surface area contributed by atoms with Gasteiger partial charge >= 0.3 is 0 Å². The Bertz CT molecular complexity index is 658. The van der Waals surface area contributed by atoms with Crippen molar-refractivity contribution in [3.8, 4) is 5.75 Å². The minimum atomic E-state index is -0.515. The van der Waals surface area contributed by atoms with Crippen molar-refractivity contribution in [1.82, 2.24) is 4.90 Å². The van der Waals surface area contributed by atoms with Crippen LogP contribution < -0.4 is 4.74 Å². The summed E-state index contributed by atoms with van der Waals surface area (Å²) in [5, 5.41) is 0. The number of rotatable bonds is 4. The summed E-state index contributed by atoms with van der Waals surface area (Å²) in [5.74, 6) is -0.974. The van der Waals surface area contributed by atoms with Gasteiger partial charge in [-0.2, -0.15) is 0 Å². The Hall–Kier alpha value is -2.43. The van der Waals surface area contributed by atoms with Gasteiger partial charge in [0.05, 0.1) is 12.7 Å². The molecule has 0 atom stereocenters. The molecule has 2 aromatic rings. The van der Waals surface area contributed by atoms with E-state index in [-0.39, 0.29) is 17.9 Å². The molecule has 0 aliphatic rings. The van der Waals surface area contributed by atoms with Crippen LogP contribution in [0.25, 0.3) is 0 Å². The van der Waals surface area contributed by atoms with Crippen molar-refractivity contribution in [2.24, 2.45) is 0 Å². The van der Waals surface area contributed by atoms with E-state index in [2.05, 4.69) is 0 Å². The zero-order chi connectivity index (χ0) is 15.4. The Morgan fingerprint density at radius 3 is 2.52 bits per heavy atom. The van der Waals surface area contributed by atoms with Crippen LogP contribution in [0.4, 0.5) is 8.78 Å². The van der Waals surface area contributed by atoms with Crippen molar-refractivity contribution in [1.29, 1.82) is 0 Å². The average Bonchev–Trinajstić information content (AvgIpc) is 2.46. The fourth-order valence-electron chi connectivity index (χ4n) is 2.03. The van der Waals surface area contributed by atoms with E-state index in [1.54, 1.807) is 19.2 Å². The lowest BCUT2D eigenvalue weighted by Gasteiger charge is -2.19. The lowest BCUT2D eigenvalue weighted by molar-refractivity contribution is 0.0781. The highest BCUT2D eigenvalue weighted by atomic mass is 19.1. The van der Waals surface area contributed by atoms with Gasteiger partial charge in [0.25, 0.3) is 5.91 Å². The van der Waals surface area contributed by atoms with Crippen LogP contribution in [0, 0.1) is 11.6 Å². The summed E-state index contributed by atoms with van der Waals surface area (Å²) in [7, 11) is 2.98. The van der Waals surface area contributed by atoms with Crippen LogP contribution >= 0.6 is 0 Å². The standard InChI is InChI=1S/C16H15F2NO2/c1-19(10-11-4-3-5-12(17)8-11)16(20)14-9-13(18)6-7-15(14)21-2/h3-9H,10H2,1-2H3. The first-order chi connectivity index (χ1) is 10.0. The summed E-state index contributed by atoms with van der Waals surface area (Å²) < 4.78 is 31.5. The maximum absolute atomic E-state index is 13.3. The second kappa shape index (κ2) is 6.35. The van der Waals surface area contributed by atoms with Gasteiger partial charge in [-0.15, -0.1) is 0 Å². The van der Waals surface area contributed by atoms with Crippen LogP contribution in [0.3, 0.4) is 0 Å². The quantitative estimate of drug-likeness (QED) is 0.865. The van der Waals surface area contributed by atoms with Gasteiger partial charge in [0.15, 0.2) is 0 Å². The average molecular weight is 291 g/mol. The van der Waals surface area contributed by atoms with E-state index in [4.69, 9.17) is 4.74 Å². The van der Waals surface area contributed by atoms with Gasteiger partial charge in [-0.1, -0.05) is 12.1 Å². The number of hydrogen-bond acceptors (Lipinski definition) is 2. The molecule has 0 aromatic heterocycles. The van der Waals surface area contributed by atoms with E-state index in [0.717, 1.165) is 6.07 Å². The number of methoxy groups -OCH3 is 1. The molecule has 0 spiro atoms. The largest absolute Gasteiger partial charge is 0.496 e. The first-order valence-corrected chi connectivity index (χ1v) is 6.34. The molecule has 0 aliphatic carbocycles. The highest BCUT2D eigenvalue weighted by molar-refractivity contribution is 5.96. The summed E-state index contributed by atoms with van der Waals surface area (Å²) >= 11 is 0. The monoisotopic (exact) mass is 291 g/mol. The van der Waals surface area contributed by atoms with E-state index in [1.165, 1.54) is 36.3 Å². The molecule has 3 nitrogen and oxygen atoms in total. The first-order valence-electron chi connectivity index (χ1n) is 6.34. The zero-order valence-electron chi connectivity index (χ0n) is 11.8. The minimum absolute atomic E-state index is 0.136. The Kier molecular flexibility index (Phi) is 4.52. The zero-order valence-corrected chi connectivity index (χ0v) is 11.8. The van der Waals surface area contributed by atoms with Gasteiger partial charge in [-0.05, 0) is 35.9 Å². The predicted molar refractivity (Wildman–Crippen MR) is 75.1 cm³/mol.